The third-order valence-electron chi connectivity index (χ3n) is 2.52. The van der Waals surface area contributed by atoms with Gasteiger partial charge in [0.2, 0.25) is 0 Å². The van der Waals surface area contributed by atoms with E-state index < -0.39 is 16.0 Å². The lowest BCUT2D eigenvalue weighted by atomic mass is 10.3. The van der Waals surface area contributed by atoms with E-state index in [0.717, 1.165) is 15.1 Å². The average molecular weight is 410 g/mol. The van der Waals surface area contributed by atoms with Crippen molar-refractivity contribution in [3.05, 3.63) is 31.7 Å². The number of ether oxygens (including phenoxy) is 1. The first kappa shape index (κ1) is 16.5. The predicted octanol–water partition coefficient (Wildman–Crippen LogP) is 3.86. The number of anilines is 1. The highest BCUT2D eigenvalue weighted by Gasteiger charge is 2.23. The number of thiophene rings is 2. The van der Waals surface area contributed by atoms with Crippen LogP contribution in [0.2, 0.25) is 0 Å². The van der Waals surface area contributed by atoms with E-state index in [4.69, 9.17) is 4.74 Å². The second-order valence-corrected chi connectivity index (χ2v) is 9.16. The number of nitrogens with one attached hydrogen (secondary N) is 1. The zero-order valence-electron chi connectivity index (χ0n) is 11.2. The molecule has 0 unspecified atom stereocenters. The molecule has 0 saturated carbocycles. The van der Waals surface area contributed by atoms with Crippen LogP contribution in [-0.2, 0) is 14.8 Å². The zero-order valence-corrected chi connectivity index (χ0v) is 15.2. The molecule has 0 aromatic carbocycles. The summed E-state index contributed by atoms with van der Waals surface area (Å²) in [5, 5.41) is 1.90. The Morgan fingerprint density at radius 3 is 2.76 bits per heavy atom. The quantitative estimate of drug-likeness (QED) is 0.760. The number of sulfonamides is 1. The van der Waals surface area contributed by atoms with Gasteiger partial charge in [-0.1, -0.05) is 0 Å². The molecule has 0 aliphatic rings. The zero-order chi connectivity index (χ0) is 15.6. The molecule has 2 heterocycles. The SMILES string of the molecule is CCOC(=O)c1ccsc1NS(=O)(=O)c1cc(Br)sc1C. The van der Waals surface area contributed by atoms with Crippen molar-refractivity contribution in [2.75, 3.05) is 11.3 Å². The molecule has 21 heavy (non-hydrogen) atoms. The van der Waals surface area contributed by atoms with Gasteiger partial charge in [-0.25, -0.2) is 13.2 Å². The summed E-state index contributed by atoms with van der Waals surface area (Å²) in [5.41, 5.74) is 0.220. The highest BCUT2D eigenvalue weighted by atomic mass is 79.9. The van der Waals surface area contributed by atoms with Gasteiger partial charge in [0.25, 0.3) is 10.0 Å². The lowest BCUT2D eigenvalue weighted by Gasteiger charge is -2.08. The van der Waals surface area contributed by atoms with Gasteiger partial charge < -0.3 is 4.74 Å². The average Bonchev–Trinajstić information content (AvgIpc) is 2.96. The minimum atomic E-state index is -3.73. The third-order valence-corrected chi connectivity index (χ3v) is 6.64. The number of rotatable bonds is 5. The summed E-state index contributed by atoms with van der Waals surface area (Å²) >= 11 is 5.74. The molecule has 0 radical (unpaired) electrons. The number of halogens is 1. The third kappa shape index (κ3) is 3.65. The first-order valence-electron chi connectivity index (χ1n) is 5.88. The second-order valence-electron chi connectivity index (χ2n) is 3.96. The predicted molar refractivity (Wildman–Crippen MR) is 87.8 cm³/mol. The minimum Gasteiger partial charge on any atom is -0.462 e. The molecular formula is C12H12BrNO4S3. The van der Waals surface area contributed by atoms with E-state index in [0.29, 0.717) is 4.88 Å². The van der Waals surface area contributed by atoms with E-state index in [-0.39, 0.29) is 22.1 Å². The Morgan fingerprint density at radius 1 is 1.48 bits per heavy atom. The van der Waals surface area contributed by atoms with Crippen molar-refractivity contribution in [3.8, 4) is 0 Å². The van der Waals surface area contributed by atoms with Gasteiger partial charge in [-0.05, 0) is 47.3 Å². The molecule has 0 fully saturated rings. The number of aryl methyl sites for hydroxylation is 1. The maximum atomic E-state index is 12.4. The Kier molecular flexibility index (Phi) is 5.07. The van der Waals surface area contributed by atoms with Crippen molar-refractivity contribution in [2.24, 2.45) is 0 Å². The van der Waals surface area contributed by atoms with E-state index in [1.807, 2.05) is 0 Å². The molecule has 0 aliphatic carbocycles. The van der Waals surface area contributed by atoms with Crippen LogP contribution in [0.4, 0.5) is 5.00 Å². The summed E-state index contributed by atoms with van der Waals surface area (Å²) in [4.78, 5) is 12.6. The van der Waals surface area contributed by atoms with Gasteiger partial charge in [0, 0.05) is 4.88 Å². The molecule has 0 aliphatic heterocycles. The fourth-order valence-electron chi connectivity index (χ4n) is 1.63. The second kappa shape index (κ2) is 6.47. The van der Waals surface area contributed by atoms with Crippen LogP contribution in [0.15, 0.2) is 26.2 Å². The Balaban J connectivity index is 2.32. The summed E-state index contributed by atoms with van der Waals surface area (Å²) in [5.74, 6) is -0.542. The Bertz CT molecular complexity index is 763. The van der Waals surface area contributed by atoms with Crippen molar-refractivity contribution in [1.82, 2.24) is 0 Å². The summed E-state index contributed by atoms with van der Waals surface area (Å²) < 4.78 is 32.9. The molecule has 5 nitrogen and oxygen atoms in total. The van der Waals surface area contributed by atoms with Crippen LogP contribution in [0.25, 0.3) is 0 Å². The molecule has 1 N–H and O–H groups in total. The van der Waals surface area contributed by atoms with E-state index in [1.54, 1.807) is 25.3 Å². The summed E-state index contributed by atoms with van der Waals surface area (Å²) in [6.07, 6.45) is 0. The van der Waals surface area contributed by atoms with Crippen molar-refractivity contribution in [1.29, 1.82) is 0 Å². The van der Waals surface area contributed by atoms with Crippen LogP contribution < -0.4 is 4.72 Å². The highest BCUT2D eigenvalue weighted by Crippen LogP contribution is 2.32. The lowest BCUT2D eigenvalue weighted by Crippen LogP contribution is -2.15. The lowest BCUT2D eigenvalue weighted by molar-refractivity contribution is 0.0528. The van der Waals surface area contributed by atoms with Gasteiger partial charge in [0.1, 0.15) is 9.90 Å². The van der Waals surface area contributed by atoms with Crippen molar-refractivity contribution < 1.29 is 17.9 Å². The molecule has 2 rings (SSSR count). The number of carbonyl (C=O) groups is 1. The molecule has 9 heteroatoms. The van der Waals surface area contributed by atoms with E-state index in [1.165, 1.54) is 17.4 Å². The summed E-state index contributed by atoms with van der Waals surface area (Å²) in [6, 6.07) is 3.08. The highest BCUT2D eigenvalue weighted by molar-refractivity contribution is 9.11. The van der Waals surface area contributed by atoms with Gasteiger partial charge in [0.15, 0.2) is 0 Å². The molecule has 0 spiro atoms. The monoisotopic (exact) mass is 409 g/mol. The smallest absolute Gasteiger partial charge is 0.341 e. The largest absolute Gasteiger partial charge is 0.462 e. The number of hydrogen-bond acceptors (Lipinski definition) is 6. The molecule has 2 aromatic heterocycles. The number of carbonyl (C=O) groups excluding carboxylic acids is 1. The first-order chi connectivity index (χ1) is 9.85. The van der Waals surface area contributed by atoms with Crippen LogP contribution in [0.3, 0.4) is 0 Å². The molecule has 0 bridgehead atoms. The van der Waals surface area contributed by atoms with Crippen LogP contribution >= 0.6 is 38.6 Å². The van der Waals surface area contributed by atoms with Crippen LogP contribution in [0, 0.1) is 6.92 Å². The summed E-state index contributed by atoms with van der Waals surface area (Å²) in [7, 11) is -3.73. The Hall–Kier alpha value is -0.900. The fourth-order valence-corrected chi connectivity index (χ4v) is 6.15. The van der Waals surface area contributed by atoms with Gasteiger partial charge in [-0.15, -0.1) is 22.7 Å². The fraction of sp³-hybridized carbons (Fsp3) is 0.250. The molecule has 114 valence electrons. The molecule has 2 aromatic rings. The topological polar surface area (TPSA) is 72.5 Å². The molecular weight excluding hydrogens is 398 g/mol. The van der Waals surface area contributed by atoms with Crippen molar-refractivity contribution in [2.45, 2.75) is 18.7 Å². The van der Waals surface area contributed by atoms with E-state index in [2.05, 4.69) is 20.7 Å². The number of hydrogen-bond donors (Lipinski definition) is 1. The maximum Gasteiger partial charge on any atom is 0.341 e. The standard InChI is InChI=1S/C12H12BrNO4S3/c1-3-18-12(15)8-4-5-19-11(8)14-21(16,17)9-6-10(13)20-7(9)2/h4-6,14H,3H2,1-2H3. The van der Waals surface area contributed by atoms with Crippen LogP contribution in [0.1, 0.15) is 22.2 Å². The first-order valence-corrected chi connectivity index (χ1v) is 9.85. The minimum absolute atomic E-state index is 0.197. The van der Waals surface area contributed by atoms with E-state index in [9.17, 15) is 13.2 Å². The summed E-state index contributed by atoms with van der Waals surface area (Å²) in [6.45, 7) is 3.66. The Labute approximate surface area is 139 Å². The Morgan fingerprint density at radius 2 is 2.19 bits per heavy atom. The van der Waals surface area contributed by atoms with Gasteiger partial charge in [-0.3, -0.25) is 4.72 Å². The molecule has 0 saturated heterocycles. The normalized spacial score (nSPS) is 11.4. The molecule has 0 amide bonds. The van der Waals surface area contributed by atoms with Crippen LogP contribution in [0.5, 0.6) is 0 Å². The molecule has 0 atom stereocenters. The van der Waals surface area contributed by atoms with Gasteiger partial charge in [0.05, 0.1) is 16.0 Å². The van der Waals surface area contributed by atoms with Crippen LogP contribution in [-0.4, -0.2) is 21.0 Å². The van der Waals surface area contributed by atoms with Crippen molar-refractivity contribution in [3.63, 3.8) is 0 Å². The van der Waals surface area contributed by atoms with Crippen molar-refractivity contribution >= 4 is 59.6 Å². The van der Waals surface area contributed by atoms with Gasteiger partial charge >= 0.3 is 5.97 Å². The van der Waals surface area contributed by atoms with E-state index >= 15 is 0 Å². The number of esters is 1. The maximum absolute atomic E-state index is 12.4. The van der Waals surface area contributed by atoms with Gasteiger partial charge in [-0.2, -0.15) is 0 Å².